The summed E-state index contributed by atoms with van der Waals surface area (Å²) in [6, 6.07) is 0. The van der Waals surface area contributed by atoms with Crippen molar-refractivity contribution < 1.29 is 8.78 Å². The maximum absolute atomic E-state index is 12.8. The number of halogens is 2. The molecule has 1 fully saturated rings. The normalized spacial score (nSPS) is 29.2. The number of alkyl halides is 2. The fourth-order valence-corrected chi connectivity index (χ4v) is 2.08. The lowest BCUT2D eigenvalue weighted by molar-refractivity contribution is 0.00342. The molecule has 12 heavy (non-hydrogen) atoms. The van der Waals surface area contributed by atoms with E-state index in [0.717, 1.165) is 6.42 Å². The zero-order valence-corrected chi connectivity index (χ0v) is 8.16. The summed E-state index contributed by atoms with van der Waals surface area (Å²) in [7, 11) is 0. The molecule has 0 radical (unpaired) electrons. The summed E-state index contributed by atoms with van der Waals surface area (Å²) in [5, 5.41) is 0. The minimum Gasteiger partial charge on any atom is -0.207 e. The molecule has 0 spiro atoms. The highest BCUT2D eigenvalue weighted by atomic mass is 19.3. The van der Waals surface area contributed by atoms with E-state index in [1.54, 1.807) is 0 Å². The Kier molecular flexibility index (Phi) is 2.46. The highest BCUT2D eigenvalue weighted by Crippen LogP contribution is 2.43. The van der Waals surface area contributed by atoms with Gasteiger partial charge in [0.15, 0.2) is 0 Å². The van der Waals surface area contributed by atoms with E-state index in [-0.39, 0.29) is 24.2 Å². The standard InChI is InChI=1S/C10H18F2/c1-9(2,3)6-8-4-5-10(11,12)7-8/h8H,4-7H2,1-3H3. The van der Waals surface area contributed by atoms with Crippen molar-refractivity contribution in [1.82, 2.24) is 0 Å². The van der Waals surface area contributed by atoms with Crippen molar-refractivity contribution >= 4 is 0 Å². The first kappa shape index (κ1) is 9.94. The molecule has 0 bridgehead atoms. The van der Waals surface area contributed by atoms with Crippen LogP contribution in [0.3, 0.4) is 0 Å². The molecule has 1 unspecified atom stereocenters. The van der Waals surface area contributed by atoms with Gasteiger partial charge in [-0.25, -0.2) is 8.78 Å². The van der Waals surface area contributed by atoms with Crippen LogP contribution < -0.4 is 0 Å². The molecule has 2 heteroatoms. The Bertz CT molecular complexity index is 156. The minimum atomic E-state index is -2.37. The molecule has 72 valence electrons. The molecule has 0 heterocycles. The summed E-state index contributed by atoms with van der Waals surface area (Å²) < 4.78 is 25.5. The van der Waals surface area contributed by atoms with E-state index in [4.69, 9.17) is 0 Å². The third kappa shape index (κ3) is 3.08. The molecule has 1 atom stereocenters. The van der Waals surface area contributed by atoms with Gasteiger partial charge in [-0.15, -0.1) is 0 Å². The van der Waals surface area contributed by atoms with Crippen LogP contribution in [0.5, 0.6) is 0 Å². The highest BCUT2D eigenvalue weighted by molar-refractivity contribution is 4.83. The molecule has 1 aliphatic carbocycles. The van der Waals surface area contributed by atoms with Crippen molar-refractivity contribution in [1.29, 1.82) is 0 Å². The van der Waals surface area contributed by atoms with Gasteiger partial charge >= 0.3 is 0 Å². The Morgan fingerprint density at radius 1 is 1.33 bits per heavy atom. The Labute approximate surface area is 73.3 Å². The topological polar surface area (TPSA) is 0 Å². The first-order valence-electron chi connectivity index (χ1n) is 4.66. The predicted octanol–water partition coefficient (Wildman–Crippen LogP) is 3.86. The molecule has 1 aliphatic rings. The van der Waals surface area contributed by atoms with Gasteiger partial charge in [-0.2, -0.15) is 0 Å². The Morgan fingerprint density at radius 2 is 1.92 bits per heavy atom. The van der Waals surface area contributed by atoms with Crippen LogP contribution in [-0.2, 0) is 0 Å². The number of hydrogen-bond acceptors (Lipinski definition) is 0. The van der Waals surface area contributed by atoms with E-state index in [1.807, 2.05) is 0 Å². The third-order valence-electron chi connectivity index (χ3n) is 2.41. The molecule has 0 aliphatic heterocycles. The van der Waals surface area contributed by atoms with Gasteiger partial charge in [0, 0.05) is 12.8 Å². The molecule has 0 aromatic carbocycles. The summed E-state index contributed by atoms with van der Waals surface area (Å²) >= 11 is 0. The van der Waals surface area contributed by atoms with Gasteiger partial charge in [0.1, 0.15) is 0 Å². The average Bonchev–Trinajstić information content (AvgIpc) is 2.05. The van der Waals surface area contributed by atoms with Crippen LogP contribution in [-0.4, -0.2) is 5.92 Å². The molecule has 0 nitrogen and oxygen atoms in total. The second-order valence-corrected chi connectivity index (χ2v) is 5.23. The quantitative estimate of drug-likeness (QED) is 0.569. The summed E-state index contributed by atoms with van der Waals surface area (Å²) in [5.41, 5.74) is 0.199. The second-order valence-electron chi connectivity index (χ2n) is 5.23. The molecule has 1 rings (SSSR count). The average molecular weight is 176 g/mol. The Hall–Kier alpha value is -0.140. The van der Waals surface area contributed by atoms with Gasteiger partial charge in [-0.3, -0.25) is 0 Å². The maximum Gasteiger partial charge on any atom is 0.248 e. The summed E-state index contributed by atoms with van der Waals surface area (Å²) in [4.78, 5) is 0. The van der Waals surface area contributed by atoms with E-state index in [0.29, 0.717) is 6.42 Å². The largest absolute Gasteiger partial charge is 0.248 e. The minimum absolute atomic E-state index is 0.105. The maximum atomic E-state index is 12.8. The van der Waals surface area contributed by atoms with Crippen LogP contribution in [0.25, 0.3) is 0 Å². The first-order chi connectivity index (χ1) is 5.29. The van der Waals surface area contributed by atoms with Gasteiger partial charge in [0.05, 0.1) is 0 Å². The van der Waals surface area contributed by atoms with Crippen LogP contribution >= 0.6 is 0 Å². The third-order valence-corrected chi connectivity index (χ3v) is 2.41. The van der Waals surface area contributed by atoms with Gasteiger partial charge in [-0.05, 0) is 24.2 Å². The van der Waals surface area contributed by atoms with Crippen LogP contribution in [0.4, 0.5) is 8.78 Å². The smallest absolute Gasteiger partial charge is 0.207 e. The van der Waals surface area contributed by atoms with Crippen LogP contribution in [0.2, 0.25) is 0 Å². The predicted molar refractivity (Wildman–Crippen MR) is 46.4 cm³/mol. The molecule has 0 N–H and O–H groups in total. The monoisotopic (exact) mass is 176 g/mol. The lowest BCUT2D eigenvalue weighted by Crippen LogP contribution is -2.14. The highest BCUT2D eigenvalue weighted by Gasteiger charge is 2.40. The SMILES string of the molecule is CC(C)(C)CC1CCC(F)(F)C1. The van der Waals surface area contributed by atoms with Crippen molar-refractivity contribution in [3.63, 3.8) is 0 Å². The van der Waals surface area contributed by atoms with E-state index in [9.17, 15) is 8.78 Å². The fraction of sp³-hybridized carbons (Fsp3) is 1.00. The summed E-state index contributed by atoms with van der Waals surface area (Å²) in [6.45, 7) is 6.34. The molecular weight excluding hydrogens is 158 g/mol. The number of rotatable bonds is 1. The van der Waals surface area contributed by atoms with Crippen LogP contribution in [0.1, 0.15) is 46.5 Å². The molecular formula is C10H18F2. The molecule has 0 aromatic rings. The Balaban J connectivity index is 2.39. The number of hydrogen-bond donors (Lipinski definition) is 0. The van der Waals surface area contributed by atoms with Crippen molar-refractivity contribution in [3.05, 3.63) is 0 Å². The van der Waals surface area contributed by atoms with Crippen molar-refractivity contribution in [2.45, 2.75) is 52.4 Å². The van der Waals surface area contributed by atoms with E-state index in [1.165, 1.54) is 0 Å². The summed E-state index contributed by atoms with van der Waals surface area (Å²) in [6.07, 6.45) is 1.87. The second kappa shape index (κ2) is 2.97. The van der Waals surface area contributed by atoms with E-state index in [2.05, 4.69) is 20.8 Å². The molecule has 0 saturated heterocycles. The van der Waals surface area contributed by atoms with Crippen LogP contribution in [0.15, 0.2) is 0 Å². The lowest BCUT2D eigenvalue weighted by Gasteiger charge is -2.22. The molecule has 0 amide bonds. The lowest BCUT2D eigenvalue weighted by atomic mass is 9.84. The van der Waals surface area contributed by atoms with E-state index < -0.39 is 5.92 Å². The first-order valence-corrected chi connectivity index (χ1v) is 4.66. The van der Waals surface area contributed by atoms with Crippen LogP contribution in [0, 0.1) is 11.3 Å². The van der Waals surface area contributed by atoms with Gasteiger partial charge < -0.3 is 0 Å². The Morgan fingerprint density at radius 3 is 2.25 bits per heavy atom. The van der Waals surface area contributed by atoms with Crippen molar-refractivity contribution in [2.75, 3.05) is 0 Å². The fourth-order valence-electron chi connectivity index (χ4n) is 2.08. The molecule has 1 saturated carbocycles. The van der Waals surface area contributed by atoms with Gasteiger partial charge in [0.25, 0.3) is 0 Å². The van der Waals surface area contributed by atoms with Gasteiger partial charge in [-0.1, -0.05) is 20.8 Å². The zero-order chi connectivity index (χ0) is 9.41. The zero-order valence-electron chi connectivity index (χ0n) is 8.16. The van der Waals surface area contributed by atoms with Crippen molar-refractivity contribution in [3.8, 4) is 0 Å². The van der Waals surface area contributed by atoms with E-state index >= 15 is 0 Å². The van der Waals surface area contributed by atoms with Crippen molar-refractivity contribution in [2.24, 2.45) is 11.3 Å². The molecule has 0 aromatic heterocycles. The van der Waals surface area contributed by atoms with Gasteiger partial charge in [0.2, 0.25) is 5.92 Å². The summed E-state index contributed by atoms with van der Waals surface area (Å²) in [5.74, 6) is -2.12.